The fraction of sp³-hybridized carbons (Fsp3) is 0.556. The third-order valence-electron chi connectivity index (χ3n) is 3.00. The van der Waals surface area contributed by atoms with Crippen LogP contribution in [0.25, 0.3) is 0 Å². The van der Waals surface area contributed by atoms with Crippen LogP contribution in [0.3, 0.4) is 0 Å². The van der Waals surface area contributed by atoms with Crippen LogP contribution in [0, 0.1) is 0 Å². The van der Waals surface area contributed by atoms with Crippen LogP contribution in [-0.2, 0) is 6.54 Å². The summed E-state index contributed by atoms with van der Waals surface area (Å²) in [6, 6.07) is 8.29. The minimum Gasteiger partial charge on any atom is -0.492 e. The number of benzene rings is 1. The highest BCUT2D eigenvalue weighted by atomic mass is 16.5. The van der Waals surface area contributed by atoms with Crippen molar-refractivity contribution in [3.05, 3.63) is 42.0 Å². The van der Waals surface area contributed by atoms with Crippen LogP contribution in [0.1, 0.15) is 33.3 Å². The molecule has 0 aliphatic heterocycles. The van der Waals surface area contributed by atoms with Gasteiger partial charge in [-0.05, 0) is 52.4 Å². The standard InChI is InChI=1S/C18H30N2O/c1-15(2)14-20(6)10-11-21-17-9-7-8-16(12-17)13-19-18(3,4)5/h7-9,12,19H,1,10-11,13-14H2,2-6H3. The molecule has 0 aliphatic rings. The van der Waals surface area contributed by atoms with Crippen LogP contribution in [0.2, 0.25) is 0 Å². The molecule has 0 amide bonds. The van der Waals surface area contributed by atoms with Gasteiger partial charge >= 0.3 is 0 Å². The van der Waals surface area contributed by atoms with Crippen molar-refractivity contribution in [3.8, 4) is 5.75 Å². The molecule has 1 N–H and O–H groups in total. The van der Waals surface area contributed by atoms with Gasteiger partial charge in [-0.2, -0.15) is 0 Å². The number of nitrogens with zero attached hydrogens (tertiary/aromatic N) is 1. The third kappa shape index (κ3) is 8.53. The molecule has 1 aromatic carbocycles. The molecule has 0 saturated carbocycles. The molecular formula is C18H30N2O. The van der Waals surface area contributed by atoms with E-state index >= 15 is 0 Å². The van der Waals surface area contributed by atoms with Crippen molar-refractivity contribution in [1.29, 1.82) is 0 Å². The first-order valence-corrected chi connectivity index (χ1v) is 7.56. The minimum absolute atomic E-state index is 0.127. The van der Waals surface area contributed by atoms with E-state index in [0.29, 0.717) is 6.61 Å². The zero-order chi connectivity index (χ0) is 15.9. The maximum Gasteiger partial charge on any atom is 0.119 e. The lowest BCUT2D eigenvalue weighted by Crippen LogP contribution is -2.35. The number of ether oxygens (including phenoxy) is 1. The summed E-state index contributed by atoms with van der Waals surface area (Å²) in [5, 5.41) is 3.49. The topological polar surface area (TPSA) is 24.5 Å². The number of likely N-dealkylation sites (N-methyl/N-ethyl adjacent to an activating group) is 1. The smallest absolute Gasteiger partial charge is 0.119 e. The largest absolute Gasteiger partial charge is 0.492 e. The third-order valence-corrected chi connectivity index (χ3v) is 3.00. The average Bonchev–Trinajstić information content (AvgIpc) is 2.35. The van der Waals surface area contributed by atoms with E-state index in [2.05, 4.69) is 56.7 Å². The molecule has 0 spiro atoms. The van der Waals surface area contributed by atoms with E-state index in [9.17, 15) is 0 Å². The Labute approximate surface area is 130 Å². The summed E-state index contributed by atoms with van der Waals surface area (Å²) in [6.07, 6.45) is 0. The summed E-state index contributed by atoms with van der Waals surface area (Å²) in [4.78, 5) is 2.22. The lowest BCUT2D eigenvalue weighted by atomic mass is 10.1. The van der Waals surface area contributed by atoms with Gasteiger partial charge in [-0.15, -0.1) is 0 Å². The Morgan fingerprint density at radius 2 is 2.05 bits per heavy atom. The fourth-order valence-corrected chi connectivity index (χ4v) is 1.97. The molecule has 118 valence electrons. The van der Waals surface area contributed by atoms with Gasteiger partial charge in [0, 0.05) is 25.2 Å². The van der Waals surface area contributed by atoms with E-state index in [0.717, 1.165) is 25.4 Å². The molecule has 0 unspecified atom stereocenters. The summed E-state index contributed by atoms with van der Waals surface area (Å²) >= 11 is 0. The quantitative estimate of drug-likeness (QED) is 0.742. The molecule has 3 nitrogen and oxygen atoms in total. The predicted octanol–water partition coefficient (Wildman–Crippen LogP) is 3.46. The minimum atomic E-state index is 0.127. The van der Waals surface area contributed by atoms with Gasteiger partial charge in [-0.25, -0.2) is 0 Å². The molecule has 3 heteroatoms. The first-order chi connectivity index (χ1) is 9.76. The van der Waals surface area contributed by atoms with Crippen LogP contribution in [0.5, 0.6) is 5.75 Å². The van der Waals surface area contributed by atoms with Crippen molar-refractivity contribution in [2.24, 2.45) is 0 Å². The van der Waals surface area contributed by atoms with Crippen LogP contribution < -0.4 is 10.1 Å². The molecule has 0 atom stereocenters. The predicted molar refractivity (Wildman–Crippen MR) is 90.8 cm³/mol. The van der Waals surface area contributed by atoms with Crippen LogP contribution in [0.4, 0.5) is 0 Å². The van der Waals surface area contributed by atoms with Crippen LogP contribution in [-0.4, -0.2) is 37.2 Å². The Hall–Kier alpha value is -1.32. The van der Waals surface area contributed by atoms with Crippen molar-refractivity contribution in [2.45, 2.75) is 39.8 Å². The highest BCUT2D eigenvalue weighted by Gasteiger charge is 2.08. The molecule has 21 heavy (non-hydrogen) atoms. The zero-order valence-corrected chi connectivity index (χ0v) is 14.2. The Balaban J connectivity index is 2.40. The first kappa shape index (κ1) is 17.7. The number of nitrogens with one attached hydrogen (secondary N) is 1. The van der Waals surface area contributed by atoms with E-state index < -0.39 is 0 Å². The van der Waals surface area contributed by atoms with E-state index in [1.54, 1.807) is 0 Å². The maximum atomic E-state index is 5.83. The molecule has 1 rings (SSSR count). The van der Waals surface area contributed by atoms with Crippen molar-refractivity contribution >= 4 is 0 Å². The van der Waals surface area contributed by atoms with Gasteiger partial charge in [0.15, 0.2) is 0 Å². The number of rotatable bonds is 8. The number of hydrogen-bond acceptors (Lipinski definition) is 3. The summed E-state index contributed by atoms with van der Waals surface area (Å²) in [5.41, 5.74) is 2.55. The van der Waals surface area contributed by atoms with Gasteiger partial charge in [0.1, 0.15) is 12.4 Å². The number of hydrogen-bond donors (Lipinski definition) is 1. The van der Waals surface area contributed by atoms with E-state index in [-0.39, 0.29) is 5.54 Å². The average molecular weight is 290 g/mol. The van der Waals surface area contributed by atoms with E-state index in [1.807, 2.05) is 19.1 Å². The van der Waals surface area contributed by atoms with Crippen molar-refractivity contribution in [2.75, 3.05) is 26.7 Å². The van der Waals surface area contributed by atoms with Crippen molar-refractivity contribution in [3.63, 3.8) is 0 Å². The molecule has 0 aromatic heterocycles. The van der Waals surface area contributed by atoms with Crippen LogP contribution in [0.15, 0.2) is 36.4 Å². The highest BCUT2D eigenvalue weighted by Crippen LogP contribution is 2.14. The summed E-state index contributed by atoms with van der Waals surface area (Å²) in [5.74, 6) is 0.937. The summed E-state index contributed by atoms with van der Waals surface area (Å²) in [7, 11) is 2.09. The second kappa shape index (κ2) is 8.20. The summed E-state index contributed by atoms with van der Waals surface area (Å²) in [6.45, 7) is 15.9. The Morgan fingerprint density at radius 1 is 1.33 bits per heavy atom. The second-order valence-corrected chi connectivity index (χ2v) is 6.79. The Morgan fingerprint density at radius 3 is 2.67 bits per heavy atom. The molecule has 1 aromatic rings. The SMILES string of the molecule is C=C(C)CN(C)CCOc1cccc(CNC(C)(C)C)c1. The summed E-state index contributed by atoms with van der Waals surface area (Å²) < 4.78 is 5.83. The van der Waals surface area contributed by atoms with Gasteiger partial charge in [0.2, 0.25) is 0 Å². The normalized spacial score (nSPS) is 11.7. The molecular weight excluding hydrogens is 260 g/mol. The monoisotopic (exact) mass is 290 g/mol. The van der Waals surface area contributed by atoms with E-state index in [4.69, 9.17) is 4.74 Å². The van der Waals surface area contributed by atoms with E-state index in [1.165, 1.54) is 11.1 Å². The van der Waals surface area contributed by atoms with Crippen molar-refractivity contribution in [1.82, 2.24) is 10.2 Å². The molecule has 0 bridgehead atoms. The fourth-order valence-electron chi connectivity index (χ4n) is 1.97. The van der Waals surface area contributed by atoms with Crippen LogP contribution >= 0.6 is 0 Å². The van der Waals surface area contributed by atoms with Crippen molar-refractivity contribution < 1.29 is 4.74 Å². The maximum absolute atomic E-state index is 5.83. The lowest BCUT2D eigenvalue weighted by molar-refractivity contribution is 0.247. The first-order valence-electron chi connectivity index (χ1n) is 7.56. The second-order valence-electron chi connectivity index (χ2n) is 6.79. The van der Waals surface area contributed by atoms with Gasteiger partial charge in [0.05, 0.1) is 0 Å². The molecule has 0 heterocycles. The lowest BCUT2D eigenvalue weighted by Gasteiger charge is -2.21. The van der Waals surface area contributed by atoms with Gasteiger partial charge in [-0.3, -0.25) is 4.90 Å². The highest BCUT2D eigenvalue weighted by molar-refractivity contribution is 5.28. The molecule has 0 fully saturated rings. The Kier molecular flexibility index (Phi) is 6.93. The Bertz CT molecular complexity index is 449. The zero-order valence-electron chi connectivity index (χ0n) is 14.2. The molecule has 0 radical (unpaired) electrons. The van der Waals surface area contributed by atoms with Gasteiger partial charge in [-0.1, -0.05) is 24.3 Å². The molecule has 0 saturated heterocycles. The van der Waals surface area contributed by atoms with Gasteiger partial charge < -0.3 is 10.1 Å². The molecule has 0 aliphatic carbocycles. The van der Waals surface area contributed by atoms with Gasteiger partial charge in [0.25, 0.3) is 0 Å².